The van der Waals surface area contributed by atoms with E-state index in [0.717, 1.165) is 21.2 Å². The molecule has 5 nitrogen and oxygen atoms in total. The van der Waals surface area contributed by atoms with Crippen LogP contribution in [0, 0.1) is 6.92 Å². The van der Waals surface area contributed by atoms with E-state index in [2.05, 4.69) is 26.1 Å². The number of H-pyrrole nitrogens is 1. The van der Waals surface area contributed by atoms with E-state index in [1.807, 2.05) is 55.5 Å². The van der Waals surface area contributed by atoms with Gasteiger partial charge in [0, 0.05) is 32.2 Å². The Morgan fingerprint density at radius 2 is 1.82 bits per heavy atom. The zero-order valence-electron chi connectivity index (χ0n) is 17.4. The summed E-state index contributed by atoms with van der Waals surface area (Å²) in [4.78, 5) is 15.3. The molecule has 1 aliphatic rings. The smallest absolute Gasteiger partial charge is 0.273 e. The van der Waals surface area contributed by atoms with Crippen LogP contribution in [0.25, 0.3) is 11.3 Å². The van der Waals surface area contributed by atoms with Crippen molar-refractivity contribution in [2.24, 2.45) is 0 Å². The summed E-state index contributed by atoms with van der Waals surface area (Å²) in [7, 11) is 0. The molecule has 1 amide bonds. The Hall–Kier alpha value is -2.80. The van der Waals surface area contributed by atoms with Crippen LogP contribution in [0.2, 0.25) is 10.0 Å². The molecule has 1 unspecified atom stereocenters. The minimum absolute atomic E-state index is 0.0535. The molecule has 1 atom stereocenters. The first-order valence-corrected chi connectivity index (χ1v) is 11.8. The van der Waals surface area contributed by atoms with Gasteiger partial charge in [0.25, 0.3) is 5.91 Å². The van der Waals surface area contributed by atoms with Crippen molar-refractivity contribution >= 4 is 45.0 Å². The quantitative estimate of drug-likeness (QED) is 0.294. The Labute approximate surface area is 209 Å². The normalized spacial score (nSPS) is 15.2. The molecule has 0 radical (unpaired) electrons. The van der Waals surface area contributed by atoms with Crippen molar-refractivity contribution in [3.05, 3.63) is 103 Å². The summed E-state index contributed by atoms with van der Waals surface area (Å²) in [5.41, 5.74) is 4.56. The number of aromatic amines is 1. The van der Waals surface area contributed by atoms with Crippen molar-refractivity contribution in [3.8, 4) is 17.0 Å². The lowest BCUT2D eigenvalue weighted by atomic mass is 9.95. The number of aromatic hydroxyl groups is 1. The second kappa shape index (κ2) is 8.52. The number of benzene rings is 3. The van der Waals surface area contributed by atoms with Gasteiger partial charge >= 0.3 is 0 Å². The fourth-order valence-corrected chi connectivity index (χ4v) is 4.85. The summed E-state index contributed by atoms with van der Waals surface area (Å²) < 4.78 is 0.934. The third kappa shape index (κ3) is 3.82. The molecule has 0 saturated heterocycles. The van der Waals surface area contributed by atoms with E-state index in [9.17, 15) is 9.90 Å². The van der Waals surface area contributed by atoms with Gasteiger partial charge in [-0.1, -0.05) is 69.5 Å². The molecule has 0 fully saturated rings. The number of fused-ring (bicyclic) bond motifs is 1. The van der Waals surface area contributed by atoms with Gasteiger partial charge in [-0.15, -0.1) is 0 Å². The van der Waals surface area contributed by atoms with E-state index < -0.39 is 6.04 Å². The summed E-state index contributed by atoms with van der Waals surface area (Å²) in [6.07, 6.45) is 0. The molecule has 33 heavy (non-hydrogen) atoms. The highest BCUT2D eigenvalue weighted by molar-refractivity contribution is 9.10. The fourth-order valence-electron chi connectivity index (χ4n) is 4.22. The highest BCUT2D eigenvalue weighted by Crippen LogP contribution is 2.46. The highest BCUT2D eigenvalue weighted by atomic mass is 79.9. The number of hydrogen-bond donors (Lipinski definition) is 2. The number of hydrogen-bond acceptors (Lipinski definition) is 3. The van der Waals surface area contributed by atoms with Crippen LogP contribution in [0.15, 0.2) is 65.1 Å². The van der Waals surface area contributed by atoms with Crippen LogP contribution in [-0.4, -0.2) is 26.1 Å². The van der Waals surface area contributed by atoms with Crippen molar-refractivity contribution in [3.63, 3.8) is 0 Å². The number of carbonyl (C=O) groups excluding carboxylic acids is 1. The number of phenolic OH excluding ortho intramolecular Hbond substituents is 1. The maximum absolute atomic E-state index is 13.5. The summed E-state index contributed by atoms with van der Waals surface area (Å²) in [5, 5.41) is 19.1. The minimum atomic E-state index is -0.426. The highest BCUT2D eigenvalue weighted by Gasteiger charge is 2.42. The van der Waals surface area contributed by atoms with Gasteiger partial charge in [-0.25, -0.2) is 0 Å². The van der Waals surface area contributed by atoms with Gasteiger partial charge in [0.15, 0.2) is 0 Å². The number of halogens is 3. The Bertz CT molecular complexity index is 1390. The van der Waals surface area contributed by atoms with E-state index in [1.165, 1.54) is 0 Å². The first-order chi connectivity index (χ1) is 15.8. The molecule has 8 heteroatoms. The SMILES string of the molecule is Cc1cc(O)c(-c2n[nH]c3c2C(c2ccc(Br)cc2)N(Cc2ccccc2Cl)C3=O)cc1Cl. The predicted octanol–water partition coefficient (Wildman–Crippen LogP) is 6.91. The maximum atomic E-state index is 13.5. The molecule has 5 rings (SSSR count). The number of aryl methyl sites for hydroxylation is 1. The number of carbonyl (C=O) groups is 1. The Morgan fingerprint density at radius 1 is 1.09 bits per heavy atom. The van der Waals surface area contributed by atoms with Crippen molar-refractivity contribution < 1.29 is 9.90 Å². The Morgan fingerprint density at radius 3 is 2.55 bits per heavy atom. The molecule has 1 aromatic heterocycles. The molecule has 2 heterocycles. The van der Waals surface area contributed by atoms with Gasteiger partial charge in [0.1, 0.15) is 17.1 Å². The first-order valence-electron chi connectivity index (χ1n) is 10.2. The lowest BCUT2D eigenvalue weighted by Crippen LogP contribution is -2.29. The van der Waals surface area contributed by atoms with Gasteiger partial charge in [0.05, 0.1) is 6.04 Å². The standard InChI is InChI=1S/C25H18BrCl2N3O2/c1-13-10-20(32)17(11-19(13)28)22-21-23(30-29-22)25(33)31(12-15-4-2-3-5-18(15)27)24(21)14-6-8-16(26)9-7-14/h2-11,24,32H,12H2,1H3,(H,29,30). The molecule has 0 spiro atoms. The molecule has 2 N–H and O–H groups in total. The van der Waals surface area contributed by atoms with Crippen molar-refractivity contribution in [2.75, 3.05) is 0 Å². The molecule has 0 aliphatic carbocycles. The first kappa shape index (κ1) is 22.0. The van der Waals surface area contributed by atoms with Crippen LogP contribution < -0.4 is 0 Å². The van der Waals surface area contributed by atoms with Crippen LogP contribution in [0.5, 0.6) is 5.75 Å². The maximum Gasteiger partial charge on any atom is 0.273 e. The third-order valence-electron chi connectivity index (χ3n) is 5.88. The second-order valence-electron chi connectivity index (χ2n) is 7.96. The Balaban J connectivity index is 1.69. The zero-order valence-corrected chi connectivity index (χ0v) is 20.5. The summed E-state index contributed by atoms with van der Waals surface area (Å²) in [6.45, 7) is 2.14. The average Bonchev–Trinajstić information content (AvgIpc) is 3.32. The van der Waals surface area contributed by atoms with Gasteiger partial charge in [-0.3, -0.25) is 9.89 Å². The van der Waals surface area contributed by atoms with Crippen LogP contribution in [-0.2, 0) is 6.54 Å². The number of aromatic nitrogens is 2. The summed E-state index contributed by atoms with van der Waals surface area (Å²) in [5.74, 6) is -0.132. The topological polar surface area (TPSA) is 69.2 Å². The monoisotopic (exact) mass is 541 g/mol. The fraction of sp³-hybridized carbons (Fsp3) is 0.120. The van der Waals surface area contributed by atoms with Crippen LogP contribution in [0.3, 0.4) is 0 Å². The van der Waals surface area contributed by atoms with Crippen molar-refractivity contribution in [2.45, 2.75) is 19.5 Å². The molecule has 166 valence electrons. The third-order valence-corrected chi connectivity index (χ3v) is 7.18. The molecule has 0 saturated carbocycles. The van der Waals surface area contributed by atoms with E-state index in [0.29, 0.717) is 39.1 Å². The average molecular weight is 543 g/mol. The predicted molar refractivity (Wildman–Crippen MR) is 133 cm³/mol. The van der Waals surface area contributed by atoms with Gasteiger partial charge in [0.2, 0.25) is 0 Å². The molecular weight excluding hydrogens is 525 g/mol. The number of amides is 1. The van der Waals surface area contributed by atoms with Crippen molar-refractivity contribution in [1.29, 1.82) is 0 Å². The Kier molecular flexibility index (Phi) is 5.69. The van der Waals surface area contributed by atoms with Gasteiger partial charge in [-0.2, -0.15) is 5.10 Å². The summed E-state index contributed by atoms with van der Waals surface area (Å²) >= 11 is 16.3. The zero-order chi connectivity index (χ0) is 23.3. The molecule has 0 bridgehead atoms. The molecule has 4 aromatic rings. The lowest BCUT2D eigenvalue weighted by molar-refractivity contribution is 0.0730. The minimum Gasteiger partial charge on any atom is -0.507 e. The van der Waals surface area contributed by atoms with Crippen LogP contribution >= 0.6 is 39.1 Å². The molecule has 3 aromatic carbocycles. The largest absolute Gasteiger partial charge is 0.507 e. The molecular formula is C25H18BrCl2N3O2. The number of rotatable bonds is 4. The van der Waals surface area contributed by atoms with E-state index in [-0.39, 0.29) is 11.7 Å². The van der Waals surface area contributed by atoms with E-state index in [1.54, 1.807) is 17.0 Å². The van der Waals surface area contributed by atoms with E-state index >= 15 is 0 Å². The number of nitrogens with one attached hydrogen (secondary N) is 1. The molecule has 1 aliphatic heterocycles. The van der Waals surface area contributed by atoms with Gasteiger partial charge in [-0.05, 0) is 53.9 Å². The number of phenols is 1. The van der Waals surface area contributed by atoms with Gasteiger partial charge < -0.3 is 10.0 Å². The second-order valence-corrected chi connectivity index (χ2v) is 9.69. The van der Waals surface area contributed by atoms with Crippen molar-refractivity contribution in [1.82, 2.24) is 15.1 Å². The van der Waals surface area contributed by atoms with E-state index in [4.69, 9.17) is 23.2 Å². The number of nitrogens with zero attached hydrogens (tertiary/aromatic N) is 2. The van der Waals surface area contributed by atoms with Crippen LogP contribution in [0.1, 0.15) is 38.8 Å². The van der Waals surface area contributed by atoms with Crippen LogP contribution in [0.4, 0.5) is 0 Å². The summed E-state index contributed by atoms with van der Waals surface area (Å²) in [6, 6.07) is 18.1. The lowest BCUT2D eigenvalue weighted by Gasteiger charge is -2.27.